The van der Waals surface area contributed by atoms with Crippen LogP contribution in [0.15, 0.2) is 48.5 Å². The molecule has 0 heterocycles. The van der Waals surface area contributed by atoms with Gasteiger partial charge in [-0.1, -0.05) is 24.3 Å². The van der Waals surface area contributed by atoms with Crippen molar-refractivity contribution in [1.29, 1.82) is 0 Å². The summed E-state index contributed by atoms with van der Waals surface area (Å²) < 4.78 is 81.2. The zero-order valence-electron chi connectivity index (χ0n) is 15.4. The van der Waals surface area contributed by atoms with Crippen LogP contribution in [-0.2, 0) is 23.5 Å². The fourth-order valence-corrected chi connectivity index (χ4v) is 2.66. The number of hydrogen-bond acceptors (Lipinski definition) is 3. The van der Waals surface area contributed by atoms with Gasteiger partial charge in [-0.25, -0.2) is 4.79 Å². The van der Waals surface area contributed by atoms with Crippen molar-refractivity contribution in [2.45, 2.75) is 31.7 Å². The molecule has 0 aromatic heterocycles. The molecule has 9 heteroatoms. The minimum atomic E-state index is -4.56. The lowest BCUT2D eigenvalue weighted by Crippen LogP contribution is -2.31. The summed E-state index contributed by atoms with van der Waals surface area (Å²) in [7, 11) is 0. The molecule has 158 valence electrons. The fourth-order valence-electron chi connectivity index (χ4n) is 2.66. The molecule has 0 bridgehead atoms. The van der Waals surface area contributed by atoms with Gasteiger partial charge in [0.1, 0.15) is 6.61 Å². The van der Waals surface area contributed by atoms with E-state index in [1.807, 2.05) is 0 Å². The molecule has 0 fully saturated rings. The number of benzene rings is 2. The third-order valence-electron chi connectivity index (χ3n) is 4.05. The third kappa shape index (κ3) is 7.08. The van der Waals surface area contributed by atoms with Crippen LogP contribution < -0.4 is 5.32 Å². The first kappa shape index (κ1) is 22.7. The number of rotatable bonds is 7. The van der Waals surface area contributed by atoms with Gasteiger partial charge in [-0.05, 0) is 43.2 Å². The summed E-state index contributed by atoms with van der Waals surface area (Å²) in [4.78, 5) is 11.9. The molecule has 29 heavy (non-hydrogen) atoms. The molecule has 3 nitrogen and oxygen atoms in total. The largest absolute Gasteiger partial charge is 0.461 e. The maximum absolute atomic E-state index is 12.7. The Balaban J connectivity index is 1.80. The monoisotopic (exact) mass is 419 g/mol. The molecule has 1 N–H and O–H groups in total. The average molecular weight is 419 g/mol. The van der Waals surface area contributed by atoms with Gasteiger partial charge >= 0.3 is 18.3 Å². The number of halogens is 6. The van der Waals surface area contributed by atoms with Crippen molar-refractivity contribution >= 4 is 5.97 Å². The fraction of sp³-hybridized carbons (Fsp3) is 0.350. The lowest BCUT2D eigenvalue weighted by atomic mass is 10.0. The first-order valence-electron chi connectivity index (χ1n) is 8.70. The summed E-state index contributed by atoms with van der Waals surface area (Å²) in [5, 5.41) is 2.99. The lowest BCUT2D eigenvalue weighted by molar-refractivity contribution is -0.138. The summed E-state index contributed by atoms with van der Waals surface area (Å²) in [6.45, 7) is 1.86. The highest BCUT2D eigenvalue weighted by atomic mass is 19.4. The number of carbonyl (C=O) groups is 1. The van der Waals surface area contributed by atoms with E-state index in [0.29, 0.717) is 18.1 Å². The van der Waals surface area contributed by atoms with Gasteiger partial charge in [-0.3, -0.25) is 0 Å². The van der Waals surface area contributed by atoms with Crippen LogP contribution in [0, 0.1) is 0 Å². The van der Waals surface area contributed by atoms with E-state index in [2.05, 4.69) is 5.32 Å². The van der Waals surface area contributed by atoms with Crippen LogP contribution in [0.3, 0.4) is 0 Å². The summed E-state index contributed by atoms with van der Waals surface area (Å²) in [5.41, 5.74) is -1.38. The van der Waals surface area contributed by atoms with Crippen LogP contribution in [0.25, 0.3) is 0 Å². The van der Waals surface area contributed by atoms with E-state index < -0.39 is 29.4 Å². The van der Waals surface area contributed by atoms with Crippen LogP contribution >= 0.6 is 0 Å². The second-order valence-corrected chi connectivity index (χ2v) is 6.47. The molecule has 0 spiro atoms. The molecular formula is C20H19F6NO2. The van der Waals surface area contributed by atoms with E-state index in [9.17, 15) is 31.1 Å². The van der Waals surface area contributed by atoms with Crippen molar-refractivity contribution in [3.63, 3.8) is 0 Å². The second kappa shape index (κ2) is 9.30. The Kier molecular flexibility index (Phi) is 7.29. The maximum Gasteiger partial charge on any atom is 0.416 e. The minimum absolute atomic E-state index is 0.0952. The Labute approximate surface area is 163 Å². The molecule has 0 amide bonds. The number of hydrogen-bond donors (Lipinski definition) is 1. The van der Waals surface area contributed by atoms with Gasteiger partial charge in [0.2, 0.25) is 0 Å². The smallest absolute Gasteiger partial charge is 0.416 e. The number of esters is 1. The van der Waals surface area contributed by atoms with Gasteiger partial charge in [0.25, 0.3) is 0 Å². The molecule has 2 aromatic carbocycles. The Morgan fingerprint density at radius 3 is 2.17 bits per heavy atom. The molecule has 0 aliphatic heterocycles. The Bertz CT molecular complexity index is 832. The Morgan fingerprint density at radius 2 is 1.55 bits per heavy atom. The highest BCUT2D eigenvalue weighted by Crippen LogP contribution is 2.30. The standard InChI is InChI=1S/C20H19F6NO2/c1-13(10-14-4-2-6-16(11-14)19(21,22)23)27-8-9-29-18(28)15-5-3-7-17(12-15)20(24,25)26/h2-7,11-13,27H,8-10H2,1H3. The van der Waals surface area contributed by atoms with Crippen LogP contribution in [0.2, 0.25) is 0 Å². The van der Waals surface area contributed by atoms with E-state index in [0.717, 1.165) is 24.3 Å². The molecule has 0 aliphatic carbocycles. The van der Waals surface area contributed by atoms with E-state index in [1.54, 1.807) is 13.0 Å². The van der Waals surface area contributed by atoms with Crippen LogP contribution in [0.4, 0.5) is 26.3 Å². The molecule has 0 saturated heterocycles. The molecule has 0 aliphatic rings. The molecule has 2 aromatic rings. The van der Waals surface area contributed by atoms with E-state index >= 15 is 0 Å². The van der Waals surface area contributed by atoms with Crippen LogP contribution in [0.5, 0.6) is 0 Å². The van der Waals surface area contributed by atoms with Gasteiger partial charge in [0.15, 0.2) is 0 Å². The zero-order chi connectivity index (χ0) is 21.7. The van der Waals surface area contributed by atoms with Gasteiger partial charge < -0.3 is 10.1 Å². The van der Waals surface area contributed by atoms with Crippen LogP contribution in [-0.4, -0.2) is 25.2 Å². The third-order valence-corrected chi connectivity index (χ3v) is 4.05. The summed E-state index contributed by atoms with van der Waals surface area (Å²) in [6.07, 6.45) is -8.65. The predicted octanol–water partition coefficient (Wildman–Crippen LogP) is 5.10. The first-order chi connectivity index (χ1) is 13.5. The van der Waals surface area contributed by atoms with E-state index in [4.69, 9.17) is 4.74 Å². The Hall–Kier alpha value is -2.55. The van der Waals surface area contributed by atoms with Gasteiger partial charge in [0.05, 0.1) is 16.7 Å². The minimum Gasteiger partial charge on any atom is -0.461 e. The van der Waals surface area contributed by atoms with Crippen molar-refractivity contribution < 1.29 is 35.9 Å². The maximum atomic E-state index is 12.7. The second-order valence-electron chi connectivity index (χ2n) is 6.47. The predicted molar refractivity (Wildman–Crippen MR) is 94.3 cm³/mol. The number of carbonyl (C=O) groups excluding carboxylic acids is 1. The molecule has 1 atom stereocenters. The van der Waals surface area contributed by atoms with Crippen molar-refractivity contribution in [2.24, 2.45) is 0 Å². The summed E-state index contributed by atoms with van der Waals surface area (Å²) >= 11 is 0. The van der Waals surface area contributed by atoms with E-state index in [-0.39, 0.29) is 24.8 Å². The first-order valence-corrected chi connectivity index (χ1v) is 8.70. The topological polar surface area (TPSA) is 38.3 Å². The van der Waals surface area contributed by atoms with Crippen molar-refractivity contribution in [3.8, 4) is 0 Å². The van der Waals surface area contributed by atoms with Crippen LogP contribution in [0.1, 0.15) is 34.0 Å². The zero-order valence-corrected chi connectivity index (χ0v) is 15.4. The lowest BCUT2D eigenvalue weighted by Gasteiger charge is -2.15. The normalized spacial score (nSPS) is 13.2. The van der Waals surface area contributed by atoms with Gasteiger partial charge in [-0.2, -0.15) is 26.3 Å². The number of nitrogens with one attached hydrogen (secondary N) is 1. The van der Waals surface area contributed by atoms with Crippen molar-refractivity contribution in [2.75, 3.05) is 13.2 Å². The molecule has 0 radical (unpaired) electrons. The molecule has 0 saturated carbocycles. The Morgan fingerprint density at radius 1 is 0.966 bits per heavy atom. The van der Waals surface area contributed by atoms with E-state index in [1.165, 1.54) is 12.1 Å². The SMILES string of the molecule is CC(Cc1cccc(C(F)(F)F)c1)NCCOC(=O)c1cccc(C(F)(F)F)c1. The van der Waals surface area contributed by atoms with Crippen molar-refractivity contribution in [3.05, 3.63) is 70.8 Å². The highest BCUT2D eigenvalue weighted by Gasteiger charge is 2.31. The molecular weight excluding hydrogens is 400 g/mol. The number of alkyl halides is 6. The molecule has 1 unspecified atom stereocenters. The number of ether oxygens (including phenoxy) is 1. The summed E-state index contributed by atoms with van der Waals surface area (Å²) in [6, 6.07) is 8.70. The van der Waals surface area contributed by atoms with Gasteiger partial charge in [-0.15, -0.1) is 0 Å². The van der Waals surface area contributed by atoms with Gasteiger partial charge in [0, 0.05) is 12.6 Å². The van der Waals surface area contributed by atoms with Crippen molar-refractivity contribution in [1.82, 2.24) is 5.32 Å². The summed E-state index contributed by atoms with van der Waals surface area (Å²) in [5.74, 6) is -0.886. The molecule has 2 rings (SSSR count). The average Bonchev–Trinajstić information content (AvgIpc) is 2.64. The quantitative estimate of drug-likeness (QED) is 0.386. The highest BCUT2D eigenvalue weighted by molar-refractivity contribution is 5.89.